The van der Waals surface area contributed by atoms with Gasteiger partial charge in [0, 0.05) is 42.8 Å². The Bertz CT molecular complexity index is 1540. The summed E-state index contributed by atoms with van der Waals surface area (Å²) in [5, 5.41) is 17.4. The topological polar surface area (TPSA) is 153 Å². The molecule has 0 spiro atoms. The molecule has 2 N–H and O–H groups in total. The monoisotopic (exact) mass is 639 g/mol. The average Bonchev–Trinajstić information content (AvgIpc) is 2.96. The first-order valence-corrected chi connectivity index (χ1v) is 14.8. The highest BCUT2D eigenvalue weighted by atomic mass is 35.5. The number of nitrogens with zero attached hydrogens (tertiary/aromatic N) is 1. The van der Waals surface area contributed by atoms with Gasteiger partial charge in [-0.1, -0.05) is 53.7 Å². The largest absolute Gasteiger partial charge is 0.456 e. The van der Waals surface area contributed by atoms with Gasteiger partial charge in [-0.2, -0.15) is 5.26 Å². The first-order chi connectivity index (χ1) is 21.0. The van der Waals surface area contributed by atoms with Crippen molar-refractivity contribution in [2.45, 2.75) is 57.4 Å². The zero-order chi connectivity index (χ0) is 32.0. The van der Waals surface area contributed by atoms with Gasteiger partial charge in [-0.25, -0.2) is 0 Å². The van der Waals surface area contributed by atoms with Crippen LogP contribution in [-0.2, 0) is 38.1 Å². The van der Waals surface area contributed by atoms with Crippen LogP contribution < -0.4 is 10.6 Å². The van der Waals surface area contributed by atoms with E-state index < -0.39 is 53.5 Å². The Morgan fingerprint density at radius 1 is 0.955 bits per heavy atom. The number of carbonyl (C=O) groups is 4. The summed E-state index contributed by atoms with van der Waals surface area (Å²) in [5.74, 6) is -3.23. The second-order valence-electron chi connectivity index (χ2n) is 9.94. The highest BCUT2D eigenvalue weighted by Gasteiger charge is 2.48. The van der Waals surface area contributed by atoms with Crippen LogP contribution in [0, 0.1) is 11.3 Å². The van der Waals surface area contributed by atoms with Crippen molar-refractivity contribution in [2.75, 3.05) is 11.9 Å². The number of para-hydroxylation sites is 1. The number of hydrogen-bond donors (Lipinski definition) is 2. The van der Waals surface area contributed by atoms with Crippen LogP contribution in [0.3, 0.4) is 0 Å². The molecule has 0 aliphatic carbocycles. The number of allylic oxidation sites excluding steroid dienone is 2. The summed E-state index contributed by atoms with van der Waals surface area (Å²) in [7, 11) is 0. The predicted octanol–water partition coefficient (Wildman–Crippen LogP) is 4.56. The smallest absolute Gasteiger partial charge is 0.303 e. The molecule has 2 aromatic rings. The van der Waals surface area contributed by atoms with E-state index in [4.69, 9.17) is 30.5 Å². The molecule has 2 aliphatic heterocycles. The standard InChI is InChI=1S/C31H30ClN3O8S/c1-16-25(29(39)35-22-8-6-5-7-9-22)26(20-10-12-21(32)13-11-20)23(14-33)30(34-16)44-31-28(43-19(4)38)27(42-18(3)37)24(15-40-31)41-17(2)36/h5-13,24,26-28,31,34H,15H2,1-4H3,(H,35,39)/t24-,26?,27-,28+,31-/m0/s1. The van der Waals surface area contributed by atoms with Crippen molar-refractivity contribution in [1.29, 1.82) is 5.26 Å². The molecule has 13 heteroatoms. The van der Waals surface area contributed by atoms with Crippen molar-refractivity contribution >= 4 is 52.9 Å². The fourth-order valence-corrected chi connectivity index (χ4v) is 6.29. The lowest BCUT2D eigenvalue weighted by molar-refractivity contribution is -0.213. The van der Waals surface area contributed by atoms with Crippen LogP contribution in [0.1, 0.15) is 39.2 Å². The lowest BCUT2D eigenvalue weighted by Crippen LogP contribution is -2.56. The third-order valence-corrected chi connectivity index (χ3v) is 8.11. The van der Waals surface area contributed by atoms with Crippen molar-refractivity contribution in [3.05, 3.63) is 87.1 Å². The van der Waals surface area contributed by atoms with Crippen LogP contribution in [0.25, 0.3) is 0 Å². The number of nitrogens with one attached hydrogen (secondary N) is 2. The van der Waals surface area contributed by atoms with E-state index in [2.05, 4.69) is 16.7 Å². The molecule has 0 aromatic heterocycles. The Labute approximate surface area is 263 Å². The van der Waals surface area contributed by atoms with E-state index in [9.17, 15) is 24.4 Å². The molecule has 5 atom stereocenters. The number of ether oxygens (including phenoxy) is 4. The Morgan fingerprint density at radius 2 is 1.57 bits per heavy atom. The first-order valence-electron chi connectivity index (χ1n) is 13.5. The van der Waals surface area contributed by atoms with Gasteiger partial charge in [0.25, 0.3) is 5.91 Å². The number of carbonyl (C=O) groups excluding carboxylic acids is 4. The third-order valence-electron chi connectivity index (χ3n) is 6.67. The summed E-state index contributed by atoms with van der Waals surface area (Å²) in [4.78, 5) is 49.6. The summed E-state index contributed by atoms with van der Waals surface area (Å²) in [5.41, 5.74) is 1.18. The second-order valence-corrected chi connectivity index (χ2v) is 11.5. The fraction of sp³-hybridized carbons (Fsp3) is 0.323. The summed E-state index contributed by atoms with van der Waals surface area (Å²) in [6, 6.07) is 18.0. The molecule has 0 radical (unpaired) electrons. The molecule has 0 bridgehead atoms. The Kier molecular flexibility index (Phi) is 10.7. The van der Waals surface area contributed by atoms with E-state index in [1.165, 1.54) is 20.8 Å². The molecule has 1 amide bonds. The second kappa shape index (κ2) is 14.4. The Morgan fingerprint density at radius 3 is 2.16 bits per heavy atom. The Hall–Kier alpha value is -4.31. The van der Waals surface area contributed by atoms with Crippen molar-refractivity contribution in [3.63, 3.8) is 0 Å². The van der Waals surface area contributed by atoms with Gasteiger partial charge in [0.15, 0.2) is 18.3 Å². The highest BCUT2D eigenvalue weighted by Crippen LogP contribution is 2.44. The molecule has 11 nitrogen and oxygen atoms in total. The summed E-state index contributed by atoms with van der Waals surface area (Å²) in [6.45, 7) is 5.09. The minimum atomic E-state index is -1.21. The van der Waals surface area contributed by atoms with E-state index in [0.717, 1.165) is 11.8 Å². The number of rotatable bonds is 8. The lowest BCUT2D eigenvalue weighted by Gasteiger charge is -2.41. The minimum absolute atomic E-state index is 0.178. The van der Waals surface area contributed by atoms with E-state index >= 15 is 0 Å². The molecule has 2 heterocycles. The van der Waals surface area contributed by atoms with Gasteiger partial charge in [0.2, 0.25) is 0 Å². The number of halogens is 1. The molecule has 44 heavy (non-hydrogen) atoms. The summed E-state index contributed by atoms with van der Waals surface area (Å²) < 4.78 is 22.3. The maximum Gasteiger partial charge on any atom is 0.303 e. The molecule has 230 valence electrons. The molecule has 0 saturated carbocycles. The number of thioether (sulfide) groups is 1. The number of nitriles is 1. The predicted molar refractivity (Wildman–Crippen MR) is 162 cm³/mol. The van der Waals surface area contributed by atoms with Crippen LogP contribution in [0.5, 0.6) is 0 Å². The highest BCUT2D eigenvalue weighted by molar-refractivity contribution is 8.03. The maximum atomic E-state index is 13.7. The molecule has 1 unspecified atom stereocenters. The van der Waals surface area contributed by atoms with Gasteiger partial charge in [-0.05, 0) is 36.8 Å². The number of hydrogen-bond acceptors (Lipinski definition) is 11. The molecular weight excluding hydrogens is 610 g/mol. The molecule has 2 aromatic carbocycles. The summed E-state index contributed by atoms with van der Waals surface area (Å²) in [6.07, 6.45) is -3.44. The number of amides is 1. The maximum absolute atomic E-state index is 13.7. The molecule has 2 aliphatic rings. The molecule has 4 rings (SSSR count). The zero-order valence-corrected chi connectivity index (χ0v) is 25.9. The number of benzene rings is 2. The van der Waals surface area contributed by atoms with Crippen molar-refractivity contribution in [2.24, 2.45) is 0 Å². The van der Waals surface area contributed by atoms with Crippen molar-refractivity contribution in [3.8, 4) is 6.07 Å². The van der Waals surface area contributed by atoms with Gasteiger partial charge < -0.3 is 29.6 Å². The van der Waals surface area contributed by atoms with Gasteiger partial charge in [-0.15, -0.1) is 0 Å². The number of dihydropyridines is 1. The number of anilines is 1. The quantitative estimate of drug-likeness (QED) is 0.309. The van der Waals surface area contributed by atoms with Crippen LogP contribution >= 0.6 is 23.4 Å². The van der Waals surface area contributed by atoms with E-state index in [1.807, 2.05) is 6.07 Å². The van der Waals surface area contributed by atoms with E-state index in [1.54, 1.807) is 55.5 Å². The van der Waals surface area contributed by atoms with Gasteiger partial charge in [0.05, 0.1) is 29.2 Å². The number of esters is 3. The minimum Gasteiger partial charge on any atom is -0.456 e. The summed E-state index contributed by atoms with van der Waals surface area (Å²) >= 11 is 7.18. The van der Waals surface area contributed by atoms with Crippen LogP contribution in [0.4, 0.5) is 5.69 Å². The van der Waals surface area contributed by atoms with Gasteiger partial charge >= 0.3 is 17.9 Å². The van der Waals surface area contributed by atoms with E-state index in [0.29, 0.717) is 32.6 Å². The zero-order valence-electron chi connectivity index (χ0n) is 24.3. The lowest BCUT2D eigenvalue weighted by atomic mass is 9.82. The molecular formula is C31H30ClN3O8S. The normalized spacial score (nSPS) is 23.1. The van der Waals surface area contributed by atoms with Crippen LogP contribution in [0.15, 0.2) is 76.5 Å². The average molecular weight is 640 g/mol. The van der Waals surface area contributed by atoms with Crippen LogP contribution in [0.2, 0.25) is 5.02 Å². The first kappa shape index (κ1) is 32.6. The van der Waals surface area contributed by atoms with Crippen molar-refractivity contribution in [1.82, 2.24) is 5.32 Å². The van der Waals surface area contributed by atoms with Gasteiger partial charge in [0.1, 0.15) is 5.44 Å². The van der Waals surface area contributed by atoms with E-state index in [-0.39, 0.29) is 12.2 Å². The molecule has 1 saturated heterocycles. The van der Waals surface area contributed by atoms with Crippen LogP contribution in [-0.4, -0.2) is 54.2 Å². The fourth-order valence-electron chi connectivity index (χ4n) is 4.94. The molecule has 1 fully saturated rings. The Balaban J connectivity index is 1.75. The SMILES string of the molecule is CC(=O)O[C@@H]1[C@@H](OC(C)=O)[C@H](SC2=C(C#N)C(c3ccc(Cl)cc3)C(C(=O)Nc3ccccc3)=C(C)N2)OC[C@@H]1OC(C)=O. The third kappa shape index (κ3) is 7.79. The van der Waals surface area contributed by atoms with Crippen molar-refractivity contribution < 1.29 is 38.1 Å². The van der Waals surface area contributed by atoms with Gasteiger partial charge in [-0.3, -0.25) is 19.2 Å².